The topological polar surface area (TPSA) is 38.1 Å². The first kappa shape index (κ1) is 15.8. The average Bonchev–Trinajstić information content (AvgIpc) is 2.90. The molecule has 0 atom stereocenters. The number of nitrogens with zero attached hydrogens (tertiary/aromatic N) is 1. The van der Waals surface area contributed by atoms with Gasteiger partial charge in [0.15, 0.2) is 11.7 Å². The average molecular weight is 405 g/mol. The van der Waals surface area contributed by atoms with Crippen molar-refractivity contribution in [3.63, 3.8) is 0 Å². The van der Waals surface area contributed by atoms with E-state index in [1.165, 1.54) is 0 Å². The Bertz CT molecular complexity index is 557. The van der Waals surface area contributed by atoms with Crippen LogP contribution in [0, 0.1) is 3.57 Å². The van der Waals surface area contributed by atoms with E-state index in [4.69, 9.17) is 16.0 Å². The molecule has 108 valence electrons. The summed E-state index contributed by atoms with van der Waals surface area (Å²) in [6.45, 7) is 4.23. The number of aryl methyl sites for hydroxylation is 1. The number of halogens is 2. The SMILES string of the molecule is CCCNCCCc1ncc(-c2cc(Cl)ccc2I)o1. The minimum absolute atomic E-state index is 0.710. The molecular weight excluding hydrogens is 387 g/mol. The second-order valence-corrected chi connectivity index (χ2v) is 6.19. The third-order valence-electron chi connectivity index (χ3n) is 2.92. The van der Waals surface area contributed by atoms with E-state index in [0.29, 0.717) is 5.02 Å². The fourth-order valence-corrected chi connectivity index (χ4v) is 2.68. The smallest absolute Gasteiger partial charge is 0.194 e. The fourth-order valence-electron chi connectivity index (χ4n) is 1.90. The van der Waals surface area contributed by atoms with Crippen molar-refractivity contribution in [2.45, 2.75) is 26.2 Å². The van der Waals surface area contributed by atoms with Gasteiger partial charge < -0.3 is 9.73 Å². The van der Waals surface area contributed by atoms with Crippen LogP contribution in [0.2, 0.25) is 5.02 Å². The number of hydrogen-bond donors (Lipinski definition) is 1. The van der Waals surface area contributed by atoms with E-state index < -0.39 is 0 Å². The zero-order valence-corrected chi connectivity index (χ0v) is 14.4. The van der Waals surface area contributed by atoms with Gasteiger partial charge in [-0.1, -0.05) is 18.5 Å². The lowest BCUT2D eigenvalue weighted by Crippen LogP contribution is -2.16. The van der Waals surface area contributed by atoms with Gasteiger partial charge in [-0.15, -0.1) is 0 Å². The Morgan fingerprint density at radius 3 is 3.00 bits per heavy atom. The number of benzene rings is 1. The summed E-state index contributed by atoms with van der Waals surface area (Å²) in [4.78, 5) is 4.34. The van der Waals surface area contributed by atoms with E-state index in [9.17, 15) is 0 Å². The Kier molecular flexibility index (Phi) is 6.32. The standard InChI is InChI=1S/C15H18ClIN2O/c1-2-7-18-8-3-4-15-19-10-14(20-15)12-9-11(16)5-6-13(12)17/h5-6,9-10,18H,2-4,7-8H2,1H3. The highest BCUT2D eigenvalue weighted by Crippen LogP contribution is 2.28. The minimum atomic E-state index is 0.710. The quantitative estimate of drug-likeness (QED) is 0.544. The fraction of sp³-hybridized carbons (Fsp3) is 0.400. The second-order valence-electron chi connectivity index (χ2n) is 4.60. The molecule has 0 spiro atoms. The van der Waals surface area contributed by atoms with Gasteiger partial charge in [0.1, 0.15) is 0 Å². The molecule has 2 aromatic rings. The van der Waals surface area contributed by atoms with Crippen molar-refractivity contribution in [3.05, 3.63) is 38.9 Å². The van der Waals surface area contributed by atoms with Crippen LogP contribution in [-0.4, -0.2) is 18.1 Å². The van der Waals surface area contributed by atoms with Gasteiger partial charge in [0.2, 0.25) is 0 Å². The van der Waals surface area contributed by atoms with Crippen molar-refractivity contribution in [1.29, 1.82) is 0 Å². The normalized spacial score (nSPS) is 10.9. The van der Waals surface area contributed by atoms with Crippen LogP contribution in [0.3, 0.4) is 0 Å². The van der Waals surface area contributed by atoms with Gasteiger partial charge in [0.05, 0.1) is 6.20 Å². The largest absolute Gasteiger partial charge is 0.441 e. The summed E-state index contributed by atoms with van der Waals surface area (Å²) in [7, 11) is 0. The maximum atomic E-state index is 6.03. The minimum Gasteiger partial charge on any atom is -0.441 e. The first-order valence-electron chi connectivity index (χ1n) is 6.81. The van der Waals surface area contributed by atoms with E-state index in [2.05, 4.69) is 39.8 Å². The summed E-state index contributed by atoms with van der Waals surface area (Å²) >= 11 is 8.31. The molecule has 2 rings (SSSR count). The lowest BCUT2D eigenvalue weighted by molar-refractivity contribution is 0.491. The van der Waals surface area contributed by atoms with Crippen molar-refractivity contribution in [3.8, 4) is 11.3 Å². The Labute approximate surface area is 138 Å². The summed E-state index contributed by atoms with van der Waals surface area (Å²) < 4.78 is 6.92. The molecule has 1 aromatic heterocycles. The maximum absolute atomic E-state index is 6.03. The molecule has 0 bridgehead atoms. The number of oxazole rings is 1. The molecule has 1 aromatic carbocycles. The van der Waals surface area contributed by atoms with Crippen molar-refractivity contribution in [1.82, 2.24) is 10.3 Å². The molecule has 0 saturated carbocycles. The van der Waals surface area contributed by atoms with Crippen LogP contribution >= 0.6 is 34.2 Å². The highest BCUT2D eigenvalue weighted by Gasteiger charge is 2.10. The zero-order valence-electron chi connectivity index (χ0n) is 11.5. The van der Waals surface area contributed by atoms with E-state index in [1.54, 1.807) is 6.20 Å². The van der Waals surface area contributed by atoms with Gasteiger partial charge in [-0.05, 0) is 66.7 Å². The summed E-state index contributed by atoms with van der Waals surface area (Å²) in [6, 6.07) is 5.77. The summed E-state index contributed by atoms with van der Waals surface area (Å²) in [5.41, 5.74) is 1.00. The van der Waals surface area contributed by atoms with Crippen LogP contribution in [0.4, 0.5) is 0 Å². The third kappa shape index (κ3) is 4.46. The van der Waals surface area contributed by atoms with Crippen LogP contribution in [0.25, 0.3) is 11.3 Å². The molecule has 1 heterocycles. The van der Waals surface area contributed by atoms with Crippen LogP contribution in [-0.2, 0) is 6.42 Å². The number of hydrogen-bond acceptors (Lipinski definition) is 3. The van der Waals surface area contributed by atoms with Crippen LogP contribution in [0.15, 0.2) is 28.8 Å². The Balaban J connectivity index is 1.96. The van der Waals surface area contributed by atoms with Crippen molar-refractivity contribution in [2.75, 3.05) is 13.1 Å². The van der Waals surface area contributed by atoms with Crippen molar-refractivity contribution < 1.29 is 4.42 Å². The maximum Gasteiger partial charge on any atom is 0.194 e. The third-order valence-corrected chi connectivity index (χ3v) is 4.09. The van der Waals surface area contributed by atoms with E-state index >= 15 is 0 Å². The Morgan fingerprint density at radius 2 is 2.20 bits per heavy atom. The highest BCUT2D eigenvalue weighted by molar-refractivity contribution is 14.1. The van der Waals surface area contributed by atoms with Crippen LogP contribution < -0.4 is 5.32 Å². The van der Waals surface area contributed by atoms with Gasteiger partial charge >= 0.3 is 0 Å². The van der Waals surface area contributed by atoms with E-state index in [1.807, 2.05) is 18.2 Å². The van der Waals surface area contributed by atoms with Crippen LogP contribution in [0.1, 0.15) is 25.7 Å². The molecule has 0 amide bonds. The summed E-state index contributed by atoms with van der Waals surface area (Å²) in [6.07, 6.45) is 4.83. The predicted molar refractivity (Wildman–Crippen MR) is 91.1 cm³/mol. The highest BCUT2D eigenvalue weighted by atomic mass is 127. The lowest BCUT2D eigenvalue weighted by atomic mass is 10.2. The molecule has 0 unspecified atom stereocenters. The number of aromatic nitrogens is 1. The van der Waals surface area contributed by atoms with E-state index in [0.717, 1.165) is 53.1 Å². The molecular formula is C15H18ClIN2O. The molecule has 0 aliphatic heterocycles. The van der Waals surface area contributed by atoms with Crippen LogP contribution in [0.5, 0.6) is 0 Å². The second kappa shape index (κ2) is 8.00. The zero-order chi connectivity index (χ0) is 14.4. The molecule has 0 radical (unpaired) electrons. The number of nitrogens with one attached hydrogen (secondary N) is 1. The first-order chi connectivity index (χ1) is 9.70. The number of rotatable bonds is 7. The molecule has 1 N–H and O–H groups in total. The molecule has 0 saturated heterocycles. The van der Waals surface area contributed by atoms with Gasteiger partial charge in [-0.2, -0.15) is 0 Å². The van der Waals surface area contributed by atoms with E-state index in [-0.39, 0.29) is 0 Å². The Morgan fingerprint density at radius 1 is 1.35 bits per heavy atom. The van der Waals surface area contributed by atoms with Gasteiger partial charge in [0.25, 0.3) is 0 Å². The summed E-state index contributed by atoms with van der Waals surface area (Å²) in [5, 5.41) is 4.08. The predicted octanol–water partition coefficient (Wildman–Crippen LogP) is 4.53. The molecule has 20 heavy (non-hydrogen) atoms. The summed E-state index contributed by atoms with van der Waals surface area (Å²) in [5.74, 6) is 1.57. The Hall–Kier alpha value is -0.590. The van der Waals surface area contributed by atoms with Crippen molar-refractivity contribution in [2.24, 2.45) is 0 Å². The monoisotopic (exact) mass is 404 g/mol. The molecule has 5 heteroatoms. The lowest BCUT2D eigenvalue weighted by Gasteiger charge is -2.02. The molecule has 0 fully saturated rings. The van der Waals surface area contributed by atoms with Gasteiger partial charge in [-0.3, -0.25) is 0 Å². The van der Waals surface area contributed by atoms with Crippen molar-refractivity contribution >= 4 is 34.2 Å². The molecule has 0 aliphatic carbocycles. The van der Waals surface area contributed by atoms with Gasteiger partial charge in [0, 0.05) is 20.6 Å². The molecule has 3 nitrogen and oxygen atoms in total. The first-order valence-corrected chi connectivity index (χ1v) is 8.27. The molecule has 0 aliphatic rings. The van der Waals surface area contributed by atoms with Gasteiger partial charge in [-0.25, -0.2) is 4.98 Å².